The van der Waals surface area contributed by atoms with E-state index in [1.165, 1.54) is 16.2 Å². The maximum Gasteiger partial charge on any atom is 0.239 e. The molecule has 1 aliphatic heterocycles. The molecule has 0 bridgehead atoms. The second-order valence-corrected chi connectivity index (χ2v) is 10.4. The van der Waals surface area contributed by atoms with Crippen LogP contribution in [0.15, 0.2) is 66.0 Å². The van der Waals surface area contributed by atoms with E-state index in [1.807, 2.05) is 47.8 Å². The van der Waals surface area contributed by atoms with Crippen molar-refractivity contribution in [3.8, 4) is 11.5 Å². The standard InChI is InChI=1S/C25H25N3O6S2/c29-23(26-12-18-5-2-1-3-6-18)14-28(13-20-7-4-10-35-20)25(31)16-36(32)15-24(30)27-19-8-9-21-22(11-19)34-17-33-21/h1-11H,12-17H2,(H,26,29)(H,27,30). The molecule has 2 N–H and O–H groups in total. The van der Waals surface area contributed by atoms with E-state index in [9.17, 15) is 18.6 Å². The van der Waals surface area contributed by atoms with Gasteiger partial charge in [-0.2, -0.15) is 0 Å². The molecule has 4 rings (SSSR count). The lowest BCUT2D eigenvalue weighted by Crippen LogP contribution is -2.42. The van der Waals surface area contributed by atoms with Crippen LogP contribution in [0.25, 0.3) is 0 Å². The van der Waals surface area contributed by atoms with Crippen LogP contribution in [0.3, 0.4) is 0 Å². The van der Waals surface area contributed by atoms with Gasteiger partial charge in [0, 0.05) is 34.0 Å². The Kier molecular flexibility index (Phi) is 8.69. The van der Waals surface area contributed by atoms with Crippen LogP contribution < -0.4 is 20.1 Å². The number of carbonyl (C=O) groups is 3. The van der Waals surface area contributed by atoms with E-state index < -0.39 is 22.6 Å². The van der Waals surface area contributed by atoms with E-state index in [0.29, 0.717) is 23.7 Å². The van der Waals surface area contributed by atoms with Gasteiger partial charge in [0.25, 0.3) is 0 Å². The summed E-state index contributed by atoms with van der Waals surface area (Å²) < 4.78 is 23.1. The zero-order valence-electron chi connectivity index (χ0n) is 19.3. The van der Waals surface area contributed by atoms with Crippen molar-refractivity contribution in [1.82, 2.24) is 10.2 Å². The van der Waals surface area contributed by atoms with E-state index in [4.69, 9.17) is 9.47 Å². The summed E-state index contributed by atoms with van der Waals surface area (Å²) in [4.78, 5) is 40.1. The Bertz CT molecular complexity index is 1230. The first kappa shape index (κ1) is 25.4. The van der Waals surface area contributed by atoms with Crippen LogP contribution in [0.5, 0.6) is 11.5 Å². The van der Waals surface area contributed by atoms with Gasteiger partial charge in [0.05, 0.1) is 13.1 Å². The molecule has 0 radical (unpaired) electrons. The fourth-order valence-electron chi connectivity index (χ4n) is 3.45. The summed E-state index contributed by atoms with van der Waals surface area (Å²) in [7, 11) is -1.76. The number of amides is 3. The molecule has 3 aromatic rings. The predicted molar refractivity (Wildman–Crippen MR) is 137 cm³/mol. The number of rotatable bonds is 11. The van der Waals surface area contributed by atoms with Crippen LogP contribution in [0.4, 0.5) is 5.69 Å². The van der Waals surface area contributed by atoms with Crippen LogP contribution in [0, 0.1) is 0 Å². The summed E-state index contributed by atoms with van der Waals surface area (Å²) in [5.74, 6) is -0.910. The number of hydrogen-bond acceptors (Lipinski definition) is 7. The number of nitrogens with one attached hydrogen (secondary N) is 2. The minimum absolute atomic E-state index is 0.116. The summed E-state index contributed by atoms with van der Waals surface area (Å²) in [6, 6.07) is 18.1. The highest BCUT2D eigenvalue weighted by atomic mass is 32.2. The van der Waals surface area contributed by atoms with Crippen molar-refractivity contribution in [3.63, 3.8) is 0 Å². The zero-order valence-corrected chi connectivity index (χ0v) is 20.9. The van der Waals surface area contributed by atoms with Crippen molar-refractivity contribution < 1.29 is 28.1 Å². The molecule has 0 spiro atoms. The quantitative estimate of drug-likeness (QED) is 0.396. The van der Waals surface area contributed by atoms with Crippen molar-refractivity contribution in [2.45, 2.75) is 13.1 Å². The Morgan fingerprint density at radius 1 is 0.944 bits per heavy atom. The van der Waals surface area contributed by atoms with Crippen molar-refractivity contribution in [2.75, 3.05) is 30.2 Å². The highest BCUT2D eigenvalue weighted by Gasteiger charge is 2.22. The van der Waals surface area contributed by atoms with Gasteiger partial charge in [0.15, 0.2) is 11.5 Å². The second kappa shape index (κ2) is 12.3. The van der Waals surface area contributed by atoms with Crippen molar-refractivity contribution >= 4 is 45.5 Å². The number of anilines is 1. The maximum atomic E-state index is 13.0. The first-order valence-corrected chi connectivity index (χ1v) is 13.5. The number of hydrogen-bond donors (Lipinski definition) is 2. The Labute approximate surface area is 214 Å². The first-order valence-electron chi connectivity index (χ1n) is 11.1. The van der Waals surface area contributed by atoms with Gasteiger partial charge < -0.3 is 25.0 Å². The zero-order chi connectivity index (χ0) is 25.3. The van der Waals surface area contributed by atoms with Crippen LogP contribution >= 0.6 is 11.3 Å². The molecule has 0 aliphatic carbocycles. The normalized spacial score (nSPS) is 12.6. The third-order valence-electron chi connectivity index (χ3n) is 5.18. The van der Waals surface area contributed by atoms with Gasteiger partial charge in [-0.25, -0.2) is 0 Å². The molecular formula is C25H25N3O6S2. The highest BCUT2D eigenvalue weighted by Crippen LogP contribution is 2.34. The Morgan fingerprint density at radius 3 is 2.53 bits per heavy atom. The minimum Gasteiger partial charge on any atom is -0.454 e. The molecule has 1 aromatic heterocycles. The SMILES string of the molecule is O=C(CN(Cc1cccs1)C(=O)CS(=O)CC(=O)Nc1ccc2c(c1)OCO2)NCc1ccccc1. The summed E-state index contributed by atoms with van der Waals surface area (Å²) in [5.41, 5.74) is 1.42. The van der Waals surface area contributed by atoms with Gasteiger partial charge in [-0.3, -0.25) is 18.6 Å². The third-order valence-corrected chi connectivity index (χ3v) is 7.19. The third kappa shape index (κ3) is 7.40. The van der Waals surface area contributed by atoms with E-state index >= 15 is 0 Å². The van der Waals surface area contributed by atoms with E-state index in [2.05, 4.69) is 10.6 Å². The molecule has 188 valence electrons. The lowest BCUT2D eigenvalue weighted by molar-refractivity contribution is -0.134. The van der Waals surface area contributed by atoms with Gasteiger partial charge in [0.1, 0.15) is 11.5 Å². The monoisotopic (exact) mass is 527 g/mol. The number of nitrogens with zero attached hydrogens (tertiary/aromatic N) is 1. The van der Waals surface area contributed by atoms with Crippen molar-refractivity contribution in [2.24, 2.45) is 0 Å². The summed E-state index contributed by atoms with van der Waals surface area (Å²) >= 11 is 1.46. The summed E-state index contributed by atoms with van der Waals surface area (Å²) in [6.45, 7) is 0.498. The van der Waals surface area contributed by atoms with Gasteiger partial charge in [0.2, 0.25) is 24.5 Å². The number of carbonyl (C=O) groups excluding carboxylic acids is 3. The van der Waals surface area contributed by atoms with E-state index in [1.54, 1.807) is 18.2 Å². The molecule has 2 aromatic carbocycles. The number of benzene rings is 2. The second-order valence-electron chi connectivity index (χ2n) is 7.94. The van der Waals surface area contributed by atoms with Gasteiger partial charge in [-0.1, -0.05) is 36.4 Å². The van der Waals surface area contributed by atoms with Crippen LogP contribution in [-0.2, 0) is 38.3 Å². The van der Waals surface area contributed by atoms with E-state index in [0.717, 1.165) is 10.4 Å². The molecule has 0 saturated heterocycles. The lowest BCUT2D eigenvalue weighted by Gasteiger charge is -2.21. The van der Waals surface area contributed by atoms with Gasteiger partial charge in [-0.15, -0.1) is 11.3 Å². The Hall–Kier alpha value is -3.70. The Morgan fingerprint density at radius 2 is 1.75 bits per heavy atom. The van der Waals surface area contributed by atoms with Crippen molar-refractivity contribution in [3.05, 3.63) is 76.5 Å². The lowest BCUT2D eigenvalue weighted by atomic mass is 10.2. The van der Waals surface area contributed by atoms with Crippen LogP contribution in [0.1, 0.15) is 10.4 Å². The molecule has 9 nitrogen and oxygen atoms in total. The molecular weight excluding hydrogens is 502 g/mol. The largest absolute Gasteiger partial charge is 0.454 e. The van der Waals surface area contributed by atoms with E-state index in [-0.39, 0.29) is 37.3 Å². The minimum atomic E-state index is -1.76. The topological polar surface area (TPSA) is 114 Å². The molecule has 0 fully saturated rings. The summed E-state index contributed by atoms with van der Waals surface area (Å²) in [5, 5.41) is 7.34. The average molecular weight is 528 g/mol. The molecule has 2 heterocycles. The molecule has 36 heavy (non-hydrogen) atoms. The molecule has 3 amide bonds. The molecule has 1 unspecified atom stereocenters. The van der Waals surface area contributed by atoms with Crippen molar-refractivity contribution in [1.29, 1.82) is 0 Å². The maximum absolute atomic E-state index is 13.0. The fourth-order valence-corrected chi connectivity index (χ4v) is 5.09. The Balaban J connectivity index is 1.30. The molecule has 1 atom stereocenters. The highest BCUT2D eigenvalue weighted by molar-refractivity contribution is 7.86. The number of thiophene rings is 1. The smallest absolute Gasteiger partial charge is 0.239 e. The first-order chi connectivity index (χ1) is 17.5. The fraction of sp³-hybridized carbons (Fsp3) is 0.240. The van der Waals surface area contributed by atoms with Gasteiger partial charge in [-0.05, 0) is 29.1 Å². The number of fused-ring (bicyclic) bond motifs is 1. The van der Waals surface area contributed by atoms with Crippen LogP contribution in [-0.4, -0.2) is 51.7 Å². The molecule has 1 aliphatic rings. The van der Waals surface area contributed by atoms with Gasteiger partial charge >= 0.3 is 0 Å². The molecule has 11 heteroatoms. The van der Waals surface area contributed by atoms with Crippen LogP contribution in [0.2, 0.25) is 0 Å². The summed E-state index contributed by atoms with van der Waals surface area (Å²) in [6.07, 6.45) is 0. The average Bonchev–Trinajstić information content (AvgIpc) is 3.54. The molecule has 0 saturated carbocycles. The number of ether oxygens (including phenoxy) is 2. The predicted octanol–water partition coefficient (Wildman–Crippen LogP) is 2.51.